The molecular weight excluding hydrogens is 413 g/mol. The number of anilines is 2. The molecule has 7 nitrogen and oxygen atoms in total. The Hall–Kier alpha value is -3.29. The maximum Gasteiger partial charge on any atom is 0.411 e. The summed E-state index contributed by atoms with van der Waals surface area (Å²) in [4.78, 5) is 27.7. The maximum atomic E-state index is 14.8. The van der Waals surface area contributed by atoms with E-state index in [1.165, 1.54) is 6.07 Å². The highest BCUT2D eigenvalue weighted by molar-refractivity contribution is 5.85. The van der Waals surface area contributed by atoms with E-state index < -0.39 is 17.5 Å². The van der Waals surface area contributed by atoms with Crippen LogP contribution in [0.3, 0.4) is 0 Å². The molecule has 1 aliphatic rings. The summed E-state index contributed by atoms with van der Waals surface area (Å²) in [5.41, 5.74) is 1.00. The number of benzene rings is 2. The third-order valence-corrected chi connectivity index (χ3v) is 5.15. The van der Waals surface area contributed by atoms with Crippen LogP contribution >= 0.6 is 0 Å². The van der Waals surface area contributed by atoms with E-state index >= 15 is 0 Å². The Balaban J connectivity index is 1.55. The molecule has 2 aromatic carbocycles. The second-order valence-electron chi connectivity index (χ2n) is 8.83. The van der Waals surface area contributed by atoms with Gasteiger partial charge in [-0.05, 0) is 51.0 Å². The van der Waals surface area contributed by atoms with Crippen LogP contribution in [0.4, 0.5) is 25.4 Å². The number of ether oxygens (including phenoxy) is 2. The van der Waals surface area contributed by atoms with Crippen molar-refractivity contribution in [2.24, 2.45) is 0 Å². The molecule has 1 fully saturated rings. The van der Waals surface area contributed by atoms with E-state index in [0.717, 1.165) is 5.56 Å². The number of likely N-dealkylation sites (N-methyl/N-ethyl adjacent to an activating group) is 1. The van der Waals surface area contributed by atoms with Crippen molar-refractivity contribution in [3.63, 3.8) is 0 Å². The molecule has 0 radical (unpaired) electrons. The summed E-state index contributed by atoms with van der Waals surface area (Å²) in [5.74, 6) is -0.468. The number of carbonyl (C=O) groups is 2. The lowest BCUT2D eigenvalue weighted by Crippen LogP contribution is -2.39. The van der Waals surface area contributed by atoms with Crippen LogP contribution in [-0.4, -0.2) is 48.9 Å². The molecule has 0 unspecified atom stereocenters. The van der Waals surface area contributed by atoms with E-state index in [1.807, 2.05) is 56.0 Å². The summed E-state index contributed by atoms with van der Waals surface area (Å²) >= 11 is 0. The smallest absolute Gasteiger partial charge is 0.411 e. The van der Waals surface area contributed by atoms with Gasteiger partial charge >= 0.3 is 12.2 Å². The summed E-state index contributed by atoms with van der Waals surface area (Å²) in [6.07, 6.45) is -0.304. The van der Waals surface area contributed by atoms with Gasteiger partial charge in [-0.25, -0.2) is 14.0 Å². The predicted octanol–water partition coefficient (Wildman–Crippen LogP) is 5.02. The van der Waals surface area contributed by atoms with E-state index in [-0.39, 0.29) is 18.7 Å². The second kappa shape index (κ2) is 9.89. The average molecular weight is 444 g/mol. The Kier molecular flexibility index (Phi) is 7.22. The highest BCUT2D eigenvalue weighted by Gasteiger charge is 2.32. The molecule has 0 spiro atoms. The van der Waals surface area contributed by atoms with Crippen molar-refractivity contribution in [3.05, 3.63) is 59.9 Å². The highest BCUT2D eigenvalue weighted by atomic mass is 19.1. The molecule has 32 heavy (non-hydrogen) atoms. The fourth-order valence-corrected chi connectivity index (χ4v) is 3.49. The van der Waals surface area contributed by atoms with Crippen molar-refractivity contribution in [2.45, 2.75) is 45.4 Å². The Morgan fingerprint density at radius 1 is 1.19 bits per heavy atom. The summed E-state index contributed by atoms with van der Waals surface area (Å²) in [6, 6.07) is 13.8. The molecule has 0 aromatic heterocycles. The molecule has 8 heteroatoms. The summed E-state index contributed by atoms with van der Waals surface area (Å²) < 4.78 is 25.4. The molecule has 1 heterocycles. The zero-order valence-corrected chi connectivity index (χ0v) is 18.9. The van der Waals surface area contributed by atoms with Crippen molar-refractivity contribution in [2.75, 3.05) is 30.4 Å². The van der Waals surface area contributed by atoms with E-state index in [4.69, 9.17) is 9.47 Å². The molecule has 0 saturated carbocycles. The third-order valence-electron chi connectivity index (χ3n) is 5.15. The Bertz CT molecular complexity index is 946. The zero-order chi connectivity index (χ0) is 23.3. The first-order chi connectivity index (χ1) is 15.1. The summed E-state index contributed by atoms with van der Waals surface area (Å²) in [5, 5.41) is 2.54. The molecule has 1 atom stereocenters. The van der Waals surface area contributed by atoms with E-state index in [9.17, 15) is 14.0 Å². The fourth-order valence-electron chi connectivity index (χ4n) is 3.49. The molecule has 172 valence electrons. The SMILES string of the molecule is CN(c1ccc(NC(=O)OCc2ccccc2)cc1F)[C@H]1CCN(C(=O)OC(C)(C)C)C1. The maximum absolute atomic E-state index is 14.8. The van der Waals surface area contributed by atoms with Gasteiger partial charge in [0.05, 0.1) is 5.69 Å². The number of likely N-dealkylation sites (tertiary alicyclic amines) is 1. The van der Waals surface area contributed by atoms with Gasteiger partial charge in [0.15, 0.2) is 0 Å². The minimum Gasteiger partial charge on any atom is -0.444 e. The lowest BCUT2D eigenvalue weighted by molar-refractivity contribution is 0.0292. The highest BCUT2D eigenvalue weighted by Crippen LogP contribution is 2.27. The predicted molar refractivity (Wildman–Crippen MR) is 121 cm³/mol. The van der Waals surface area contributed by atoms with Crippen molar-refractivity contribution in [1.29, 1.82) is 0 Å². The van der Waals surface area contributed by atoms with Gasteiger partial charge in [-0.1, -0.05) is 30.3 Å². The molecular formula is C24H30FN3O4. The summed E-state index contributed by atoms with van der Waals surface area (Å²) in [7, 11) is 1.79. The zero-order valence-electron chi connectivity index (χ0n) is 18.9. The van der Waals surface area contributed by atoms with Crippen LogP contribution in [0.15, 0.2) is 48.5 Å². The molecule has 0 aliphatic carbocycles. The lowest BCUT2D eigenvalue weighted by atomic mass is 10.2. The first-order valence-electron chi connectivity index (χ1n) is 10.6. The van der Waals surface area contributed by atoms with Gasteiger partial charge in [-0.2, -0.15) is 0 Å². The first-order valence-corrected chi connectivity index (χ1v) is 10.6. The van der Waals surface area contributed by atoms with Crippen LogP contribution in [0.25, 0.3) is 0 Å². The van der Waals surface area contributed by atoms with Crippen LogP contribution in [0.5, 0.6) is 0 Å². The Morgan fingerprint density at radius 3 is 2.56 bits per heavy atom. The van der Waals surface area contributed by atoms with Crippen molar-refractivity contribution >= 4 is 23.6 Å². The molecule has 3 rings (SSSR count). The Morgan fingerprint density at radius 2 is 1.91 bits per heavy atom. The van der Waals surface area contributed by atoms with Crippen molar-refractivity contribution in [1.82, 2.24) is 4.90 Å². The van der Waals surface area contributed by atoms with Gasteiger partial charge < -0.3 is 19.3 Å². The van der Waals surface area contributed by atoms with Crippen LogP contribution < -0.4 is 10.2 Å². The number of carbonyl (C=O) groups excluding carboxylic acids is 2. The minimum atomic E-state index is -0.654. The van der Waals surface area contributed by atoms with Crippen LogP contribution in [0, 0.1) is 5.82 Å². The van der Waals surface area contributed by atoms with Gasteiger partial charge in [-0.15, -0.1) is 0 Å². The largest absolute Gasteiger partial charge is 0.444 e. The van der Waals surface area contributed by atoms with E-state index in [2.05, 4.69) is 5.32 Å². The van der Waals surface area contributed by atoms with E-state index in [0.29, 0.717) is 30.9 Å². The number of rotatable bonds is 5. The molecule has 1 N–H and O–H groups in total. The lowest BCUT2D eigenvalue weighted by Gasteiger charge is -2.28. The Labute approximate surface area is 188 Å². The number of hydrogen-bond donors (Lipinski definition) is 1. The second-order valence-corrected chi connectivity index (χ2v) is 8.83. The van der Waals surface area contributed by atoms with Crippen molar-refractivity contribution < 1.29 is 23.5 Å². The van der Waals surface area contributed by atoms with Gasteiger partial charge in [0.1, 0.15) is 18.0 Å². The van der Waals surface area contributed by atoms with Crippen molar-refractivity contribution in [3.8, 4) is 0 Å². The molecule has 2 amide bonds. The first kappa shape index (κ1) is 23.4. The molecule has 1 saturated heterocycles. The molecule has 2 aromatic rings. The third kappa shape index (κ3) is 6.35. The normalized spacial score (nSPS) is 15.9. The monoisotopic (exact) mass is 443 g/mol. The summed E-state index contributed by atoms with van der Waals surface area (Å²) in [6.45, 7) is 6.62. The number of hydrogen-bond acceptors (Lipinski definition) is 5. The molecule has 0 bridgehead atoms. The van der Waals surface area contributed by atoms with Crippen LogP contribution in [-0.2, 0) is 16.1 Å². The van der Waals surface area contributed by atoms with Crippen LogP contribution in [0.2, 0.25) is 0 Å². The minimum absolute atomic E-state index is 0.0355. The fraction of sp³-hybridized carbons (Fsp3) is 0.417. The number of amides is 2. The van der Waals surface area contributed by atoms with Gasteiger partial charge in [0.25, 0.3) is 0 Å². The van der Waals surface area contributed by atoms with Gasteiger partial charge in [0.2, 0.25) is 0 Å². The number of nitrogens with zero attached hydrogens (tertiary/aromatic N) is 2. The average Bonchev–Trinajstić information content (AvgIpc) is 3.22. The number of nitrogens with one attached hydrogen (secondary N) is 1. The van der Waals surface area contributed by atoms with Gasteiger partial charge in [-0.3, -0.25) is 5.32 Å². The van der Waals surface area contributed by atoms with E-state index in [1.54, 1.807) is 24.1 Å². The van der Waals surface area contributed by atoms with Crippen LogP contribution in [0.1, 0.15) is 32.8 Å². The van der Waals surface area contributed by atoms with Gasteiger partial charge in [0, 0.05) is 31.9 Å². The topological polar surface area (TPSA) is 71.1 Å². The standard InChI is InChI=1S/C24H30FN3O4/c1-24(2,3)32-23(30)28-13-12-19(15-28)27(4)21-11-10-18(14-20(21)25)26-22(29)31-16-17-8-6-5-7-9-17/h5-11,14,19H,12-13,15-16H2,1-4H3,(H,26,29)/t19-/m0/s1. The quantitative estimate of drug-likeness (QED) is 0.703. The number of halogens is 1. The molecule has 1 aliphatic heterocycles.